The Morgan fingerprint density at radius 2 is 1.53 bits per heavy atom. The smallest absolute Gasteiger partial charge is 0.151 e. The minimum absolute atomic E-state index is 0.294. The van der Waals surface area contributed by atoms with Gasteiger partial charge in [-0.3, -0.25) is 4.90 Å². The van der Waals surface area contributed by atoms with Crippen LogP contribution in [0, 0.1) is 3.57 Å². The molecule has 0 N–H and O–H groups in total. The normalized spacial score (nSPS) is 12.3. The molecule has 0 atom stereocenters. The number of hydrogen-bond donors (Lipinski definition) is 0. The molecular formula is C9H12Cl2IN3. The third kappa shape index (κ3) is 2.72. The maximum absolute atomic E-state index is 5.97. The van der Waals surface area contributed by atoms with Gasteiger partial charge in [-0.15, -0.1) is 0 Å². The summed E-state index contributed by atoms with van der Waals surface area (Å²) in [7, 11) is 3.92. The number of rotatable bonds is 2. The molecule has 0 saturated carbocycles. The highest BCUT2D eigenvalue weighted by Gasteiger charge is 2.28. The van der Waals surface area contributed by atoms with Crippen molar-refractivity contribution in [3.8, 4) is 0 Å². The van der Waals surface area contributed by atoms with Gasteiger partial charge in [0.05, 0.1) is 9.11 Å². The molecule has 1 heterocycles. The van der Waals surface area contributed by atoms with Crippen molar-refractivity contribution in [2.75, 3.05) is 14.1 Å². The van der Waals surface area contributed by atoms with Gasteiger partial charge in [-0.2, -0.15) is 0 Å². The van der Waals surface area contributed by atoms with Gasteiger partial charge >= 0.3 is 0 Å². The first kappa shape index (κ1) is 13.4. The van der Waals surface area contributed by atoms with Gasteiger partial charge in [0.1, 0.15) is 10.3 Å². The van der Waals surface area contributed by atoms with E-state index in [9.17, 15) is 0 Å². The summed E-state index contributed by atoms with van der Waals surface area (Å²) in [5, 5.41) is 0.807. The molecular weight excluding hydrogens is 348 g/mol. The van der Waals surface area contributed by atoms with Gasteiger partial charge in [0, 0.05) is 0 Å². The van der Waals surface area contributed by atoms with Crippen LogP contribution in [0.5, 0.6) is 0 Å². The molecule has 0 radical (unpaired) electrons. The fourth-order valence-electron chi connectivity index (χ4n) is 0.868. The molecule has 0 amide bonds. The summed E-state index contributed by atoms with van der Waals surface area (Å²) < 4.78 is 0.689. The first-order chi connectivity index (χ1) is 6.76. The van der Waals surface area contributed by atoms with E-state index in [1.165, 1.54) is 0 Å². The van der Waals surface area contributed by atoms with Crippen LogP contribution < -0.4 is 0 Å². The number of hydrogen-bond acceptors (Lipinski definition) is 3. The van der Waals surface area contributed by atoms with E-state index in [0.717, 1.165) is 0 Å². The van der Waals surface area contributed by atoms with Crippen LogP contribution in [-0.4, -0.2) is 29.0 Å². The van der Waals surface area contributed by atoms with Gasteiger partial charge in [-0.1, -0.05) is 23.2 Å². The van der Waals surface area contributed by atoms with E-state index in [1.807, 2.05) is 55.4 Å². The van der Waals surface area contributed by atoms with E-state index in [-0.39, 0.29) is 5.54 Å². The Balaban J connectivity index is 3.28. The largest absolute Gasteiger partial charge is 0.298 e. The molecule has 0 aromatic carbocycles. The quantitative estimate of drug-likeness (QED) is 0.599. The predicted octanol–water partition coefficient (Wildman–Crippen LogP) is 3.18. The minimum Gasteiger partial charge on any atom is -0.298 e. The monoisotopic (exact) mass is 359 g/mol. The van der Waals surface area contributed by atoms with Gasteiger partial charge in [-0.05, 0) is 50.5 Å². The molecule has 0 aliphatic heterocycles. The molecule has 1 aromatic heterocycles. The highest BCUT2D eigenvalue weighted by atomic mass is 127. The van der Waals surface area contributed by atoms with E-state index < -0.39 is 0 Å². The van der Waals surface area contributed by atoms with Gasteiger partial charge < -0.3 is 0 Å². The van der Waals surface area contributed by atoms with Gasteiger partial charge in [-0.25, -0.2) is 9.97 Å². The molecule has 15 heavy (non-hydrogen) atoms. The zero-order valence-electron chi connectivity index (χ0n) is 8.98. The molecule has 0 aliphatic carbocycles. The summed E-state index contributed by atoms with van der Waals surface area (Å²) in [5.74, 6) is 0.628. The lowest BCUT2D eigenvalue weighted by Crippen LogP contribution is -2.37. The van der Waals surface area contributed by atoms with Crippen LogP contribution in [-0.2, 0) is 5.54 Å². The third-order valence-corrected chi connectivity index (χ3v) is 4.64. The molecule has 6 heteroatoms. The number of halogens is 3. The Bertz CT molecular complexity index is 357. The van der Waals surface area contributed by atoms with Crippen molar-refractivity contribution in [3.63, 3.8) is 0 Å². The van der Waals surface area contributed by atoms with E-state index >= 15 is 0 Å². The molecule has 0 unspecified atom stereocenters. The first-order valence-electron chi connectivity index (χ1n) is 4.33. The minimum atomic E-state index is -0.294. The zero-order chi connectivity index (χ0) is 11.8. The second-order valence-electron chi connectivity index (χ2n) is 3.90. The molecule has 84 valence electrons. The van der Waals surface area contributed by atoms with Gasteiger partial charge in [0.25, 0.3) is 0 Å². The lowest BCUT2D eigenvalue weighted by atomic mass is 10.0. The third-order valence-electron chi connectivity index (χ3n) is 2.44. The topological polar surface area (TPSA) is 29.0 Å². The van der Waals surface area contributed by atoms with E-state index in [4.69, 9.17) is 23.2 Å². The average molecular weight is 360 g/mol. The molecule has 0 fully saturated rings. The number of aromatic nitrogens is 2. The van der Waals surface area contributed by atoms with Crippen LogP contribution in [0.25, 0.3) is 0 Å². The Kier molecular flexibility index (Phi) is 4.20. The molecule has 3 nitrogen and oxygen atoms in total. The lowest BCUT2D eigenvalue weighted by Gasteiger charge is -2.30. The molecule has 1 rings (SSSR count). The van der Waals surface area contributed by atoms with Crippen LogP contribution in [0.2, 0.25) is 10.3 Å². The number of nitrogens with zero attached hydrogens (tertiary/aromatic N) is 3. The Morgan fingerprint density at radius 1 is 1.13 bits per heavy atom. The summed E-state index contributed by atoms with van der Waals surface area (Å²) in [4.78, 5) is 10.5. The highest BCUT2D eigenvalue weighted by molar-refractivity contribution is 14.1. The first-order valence-corrected chi connectivity index (χ1v) is 6.16. The fraction of sp³-hybridized carbons (Fsp3) is 0.556. The Morgan fingerprint density at radius 3 is 1.87 bits per heavy atom. The summed E-state index contributed by atoms with van der Waals surface area (Å²) >= 11 is 14.0. The van der Waals surface area contributed by atoms with Crippen molar-refractivity contribution in [2.45, 2.75) is 19.4 Å². The summed E-state index contributed by atoms with van der Waals surface area (Å²) in [6, 6.07) is 0. The van der Waals surface area contributed by atoms with E-state index in [0.29, 0.717) is 19.7 Å². The summed E-state index contributed by atoms with van der Waals surface area (Å²) in [5.41, 5.74) is -0.294. The van der Waals surface area contributed by atoms with Crippen molar-refractivity contribution in [1.82, 2.24) is 14.9 Å². The summed E-state index contributed by atoms with van der Waals surface area (Å²) in [6.07, 6.45) is 0. The average Bonchev–Trinajstić information content (AvgIpc) is 2.13. The standard InChI is InChI=1S/C9H12Cl2IN3/c1-9(2,15(3)4)8-13-6(10)5(12)7(11)14-8/h1-4H3. The maximum atomic E-state index is 5.97. The fourth-order valence-corrected chi connectivity index (χ4v) is 1.50. The summed E-state index contributed by atoms with van der Waals surface area (Å²) in [6.45, 7) is 4.03. The van der Waals surface area contributed by atoms with Gasteiger partial charge in [0.15, 0.2) is 5.82 Å². The van der Waals surface area contributed by atoms with Crippen LogP contribution in [0.3, 0.4) is 0 Å². The predicted molar refractivity (Wildman–Crippen MR) is 71.5 cm³/mol. The van der Waals surface area contributed by atoms with Crippen LogP contribution >= 0.6 is 45.8 Å². The van der Waals surface area contributed by atoms with Crippen molar-refractivity contribution in [2.24, 2.45) is 0 Å². The van der Waals surface area contributed by atoms with Crippen molar-refractivity contribution in [1.29, 1.82) is 0 Å². The van der Waals surface area contributed by atoms with Gasteiger partial charge in [0.2, 0.25) is 0 Å². The molecule has 0 bridgehead atoms. The molecule has 0 saturated heterocycles. The van der Waals surface area contributed by atoms with Crippen molar-refractivity contribution in [3.05, 3.63) is 19.7 Å². The van der Waals surface area contributed by atoms with E-state index in [1.54, 1.807) is 0 Å². The molecule has 1 aromatic rings. The van der Waals surface area contributed by atoms with Crippen LogP contribution in [0.15, 0.2) is 0 Å². The maximum Gasteiger partial charge on any atom is 0.151 e. The van der Waals surface area contributed by atoms with Crippen LogP contribution in [0.1, 0.15) is 19.7 Å². The second-order valence-corrected chi connectivity index (χ2v) is 5.69. The van der Waals surface area contributed by atoms with Crippen molar-refractivity contribution >= 4 is 45.8 Å². The zero-order valence-corrected chi connectivity index (χ0v) is 12.6. The Labute approximate surface area is 113 Å². The second kappa shape index (κ2) is 4.69. The molecule has 0 spiro atoms. The van der Waals surface area contributed by atoms with Crippen molar-refractivity contribution < 1.29 is 0 Å². The SMILES string of the molecule is CN(C)C(C)(C)c1nc(Cl)c(I)c(Cl)n1. The molecule has 0 aliphatic rings. The Hall–Kier alpha value is 0.350. The van der Waals surface area contributed by atoms with Crippen LogP contribution in [0.4, 0.5) is 0 Å². The highest BCUT2D eigenvalue weighted by Crippen LogP contribution is 2.28. The van der Waals surface area contributed by atoms with E-state index in [2.05, 4.69) is 9.97 Å². The lowest BCUT2D eigenvalue weighted by molar-refractivity contribution is 0.185.